The van der Waals surface area contributed by atoms with E-state index in [0.29, 0.717) is 0 Å². The largest absolute Gasteiger partial charge is 0.185 e. The highest BCUT2D eigenvalue weighted by atomic mass is 32.2. The maximum absolute atomic E-state index is 8.07. The molecular weight excluding hydrogens is 138 g/mol. The van der Waals surface area contributed by atoms with Crippen LogP contribution in [0.15, 0.2) is 0 Å². The lowest BCUT2D eigenvalue weighted by molar-refractivity contribution is 1.48. The summed E-state index contributed by atoms with van der Waals surface area (Å²) in [7, 11) is 0. The molecule has 46 valence electrons. The van der Waals surface area contributed by atoms with Gasteiger partial charge in [0.2, 0.25) is 0 Å². The van der Waals surface area contributed by atoms with Crippen LogP contribution < -0.4 is 0 Å². The van der Waals surface area contributed by atoms with Crippen molar-refractivity contribution >= 4 is 23.5 Å². The number of nitriles is 1. The summed E-state index contributed by atoms with van der Waals surface area (Å²) in [5.74, 6) is 3.23. The third-order valence-electron chi connectivity index (χ3n) is 0.598. The Morgan fingerprint density at radius 1 is 1.50 bits per heavy atom. The molecule has 0 aliphatic rings. The van der Waals surface area contributed by atoms with E-state index in [0.717, 1.165) is 17.3 Å². The van der Waals surface area contributed by atoms with Gasteiger partial charge >= 0.3 is 0 Å². The first-order valence-corrected chi connectivity index (χ1v) is 4.64. The van der Waals surface area contributed by atoms with Crippen LogP contribution in [0.3, 0.4) is 0 Å². The predicted octanol–water partition coefficient (Wildman–Crippen LogP) is 1.95. The van der Waals surface area contributed by atoms with Crippen molar-refractivity contribution in [2.75, 3.05) is 17.3 Å². The second-order valence-electron chi connectivity index (χ2n) is 1.14. The lowest BCUT2D eigenvalue weighted by atomic mass is 10.9. The maximum Gasteiger partial charge on any atom is 0.133 e. The van der Waals surface area contributed by atoms with Gasteiger partial charge in [-0.25, -0.2) is 0 Å². The second-order valence-corrected chi connectivity index (χ2v) is 3.41. The minimum atomic E-state index is 0.967. The van der Waals surface area contributed by atoms with Crippen molar-refractivity contribution in [3.05, 3.63) is 0 Å². The SMILES string of the molecule is CCSCCSC#N. The van der Waals surface area contributed by atoms with Crippen LogP contribution >= 0.6 is 23.5 Å². The molecule has 0 aromatic rings. The molecule has 0 amide bonds. The molecule has 3 heteroatoms. The Morgan fingerprint density at radius 2 is 2.25 bits per heavy atom. The second kappa shape index (κ2) is 7.19. The predicted molar refractivity (Wildman–Crippen MR) is 41.1 cm³/mol. The molecule has 0 saturated heterocycles. The molecule has 0 unspecified atom stereocenters. The highest BCUT2D eigenvalue weighted by Gasteiger charge is 1.83. The molecule has 0 radical (unpaired) electrons. The molecular formula is C5H9NS2. The van der Waals surface area contributed by atoms with Crippen LogP contribution in [0.5, 0.6) is 0 Å². The number of hydrogen-bond acceptors (Lipinski definition) is 3. The summed E-state index contributed by atoms with van der Waals surface area (Å²) in [5.41, 5.74) is 0. The van der Waals surface area contributed by atoms with Crippen molar-refractivity contribution in [1.29, 1.82) is 5.26 Å². The Kier molecular flexibility index (Phi) is 7.36. The van der Waals surface area contributed by atoms with Gasteiger partial charge in [-0.1, -0.05) is 6.92 Å². The van der Waals surface area contributed by atoms with Crippen molar-refractivity contribution in [1.82, 2.24) is 0 Å². The van der Waals surface area contributed by atoms with E-state index in [1.807, 2.05) is 17.2 Å². The van der Waals surface area contributed by atoms with E-state index in [9.17, 15) is 0 Å². The Labute approximate surface area is 58.8 Å². The van der Waals surface area contributed by atoms with Gasteiger partial charge in [0.25, 0.3) is 0 Å². The molecule has 8 heavy (non-hydrogen) atoms. The molecule has 0 spiro atoms. The monoisotopic (exact) mass is 147 g/mol. The van der Waals surface area contributed by atoms with Crippen LogP contribution in [0.25, 0.3) is 0 Å². The van der Waals surface area contributed by atoms with Crippen molar-refractivity contribution < 1.29 is 0 Å². The summed E-state index contributed by atoms with van der Waals surface area (Å²) in [6.45, 7) is 2.13. The number of thioether (sulfide) groups is 2. The van der Waals surface area contributed by atoms with E-state index in [1.54, 1.807) is 0 Å². The zero-order valence-corrected chi connectivity index (χ0v) is 6.52. The molecule has 0 aromatic heterocycles. The smallest absolute Gasteiger partial charge is 0.133 e. The van der Waals surface area contributed by atoms with Crippen LogP contribution in [0.4, 0.5) is 0 Å². The number of thiocyanates is 1. The van der Waals surface area contributed by atoms with Gasteiger partial charge in [-0.05, 0) is 17.5 Å². The summed E-state index contributed by atoms with van der Waals surface area (Å²) in [6.07, 6.45) is 0. The van der Waals surface area contributed by atoms with Crippen LogP contribution in [-0.2, 0) is 0 Å². The van der Waals surface area contributed by atoms with E-state index in [1.165, 1.54) is 11.8 Å². The topological polar surface area (TPSA) is 23.8 Å². The Morgan fingerprint density at radius 3 is 2.75 bits per heavy atom. The molecule has 0 heterocycles. The number of nitrogens with zero attached hydrogens (tertiary/aromatic N) is 1. The Balaban J connectivity index is 2.65. The lowest BCUT2D eigenvalue weighted by Gasteiger charge is -1.89. The fourth-order valence-electron chi connectivity index (χ4n) is 0.291. The van der Waals surface area contributed by atoms with Crippen LogP contribution in [0.2, 0.25) is 0 Å². The molecule has 0 aliphatic heterocycles. The third-order valence-corrected chi connectivity index (χ3v) is 2.30. The fourth-order valence-corrected chi connectivity index (χ4v) is 1.48. The van der Waals surface area contributed by atoms with E-state index in [4.69, 9.17) is 5.26 Å². The quantitative estimate of drug-likeness (QED) is 0.448. The number of hydrogen-bond donors (Lipinski definition) is 0. The first-order valence-electron chi connectivity index (χ1n) is 2.50. The van der Waals surface area contributed by atoms with Gasteiger partial charge in [0, 0.05) is 11.5 Å². The zero-order valence-electron chi connectivity index (χ0n) is 4.89. The van der Waals surface area contributed by atoms with Gasteiger partial charge in [-0.2, -0.15) is 17.0 Å². The van der Waals surface area contributed by atoms with Crippen molar-refractivity contribution in [3.63, 3.8) is 0 Å². The summed E-state index contributed by atoms with van der Waals surface area (Å²) < 4.78 is 0. The van der Waals surface area contributed by atoms with Gasteiger partial charge in [0.15, 0.2) is 0 Å². The summed E-state index contributed by atoms with van der Waals surface area (Å²) in [5, 5.41) is 10.1. The first kappa shape index (κ1) is 8.19. The van der Waals surface area contributed by atoms with Gasteiger partial charge in [-0.3, -0.25) is 0 Å². The molecule has 0 N–H and O–H groups in total. The molecule has 1 nitrogen and oxygen atoms in total. The van der Waals surface area contributed by atoms with Crippen molar-refractivity contribution in [2.24, 2.45) is 0 Å². The van der Waals surface area contributed by atoms with Crippen LogP contribution in [0.1, 0.15) is 6.92 Å². The molecule has 0 saturated carbocycles. The van der Waals surface area contributed by atoms with Gasteiger partial charge in [-0.15, -0.1) is 0 Å². The van der Waals surface area contributed by atoms with E-state index in [-0.39, 0.29) is 0 Å². The average Bonchev–Trinajstić information content (AvgIpc) is 1.81. The van der Waals surface area contributed by atoms with E-state index in [2.05, 4.69) is 6.92 Å². The molecule has 0 bridgehead atoms. The standard InChI is InChI=1S/C5H9NS2/c1-2-7-3-4-8-5-6/h2-4H2,1H3. The molecule has 0 aromatic carbocycles. The fraction of sp³-hybridized carbons (Fsp3) is 0.800. The molecule has 0 fully saturated rings. The van der Waals surface area contributed by atoms with Crippen LogP contribution in [-0.4, -0.2) is 17.3 Å². The van der Waals surface area contributed by atoms with Crippen LogP contribution in [0, 0.1) is 10.7 Å². The van der Waals surface area contributed by atoms with Crippen molar-refractivity contribution in [2.45, 2.75) is 6.92 Å². The molecule has 0 aliphatic carbocycles. The summed E-state index contributed by atoms with van der Waals surface area (Å²) >= 11 is 3.21. The number of rotatable bonds is 4. The highest BCUT2D eigenvalue weighted by molar-refractivity contribution is 8.05. The molecule has 0 rings (SSSR count). The minimum absolute atomic E-state index is 0.967. The van der Waals surface area contributed by atoms with Crippen molar-refractivity contribution in [3.8, 4) is 5.40 Å². The van der Waals surface area contributed by atoms with E-state index < -0.39 is 0 Å². The Bertz CT molecular complexity index is 77.0. The molecule has 0 atom stereocenters. The minimum Gasteiger partial charge on any atom is -0.185 e. The summed E-state index contributed by atoms with van der Waals surface area (Å²) in [4.78, 5) is 0. The summed E-state index contributed by atoms with van der Waals surface area (Å²) in [6, 6.07) is 0. The normalized spacial score (nSPS) is 8.50. The van der Waals surface area contributed by atoms with E-state index >= 15 is 0 Å². The Hall–Kier alpha value is 0.190. The highest BCUT2D eigenvalue weighted by Crippen LogP contribution is 2.03. The van der Waals surface area contributed by atoms with Gasteiger partial charge in [0.1, 0.15) is 5.40 Å². The maximum atomic E-state index is 8.07. The van der Waals surface area contributed by atoms with Gasteiger partial charge in [0.05, 0.1) is 0 Å². The van der Waals surface area contributed by atoms with Gasteiger partial charge < -0.3 is 0 Å². The zero-order chi connectivity index (χ0) is 6.24. The lowest BCUT2D eigenvalue weighted by Crippen LogP contribution is -1.80. The average molecular weight is 147 g/mol. The third kappa shape index (κ3) is 6.19. The first-order chi connectivity index (χ1) is 3.91.